The van der Waals surface area contributed by atoms with E-state index < -0.39 is 0 Å². The quantitative estimate of drug-likeness (QED) is 0.626. The summed E-state index contributed by atoms with van der Waals surface area (Å²) >= 11 is 0. The van der Waals surface area contributed by atoms with E-state index in [0.29, 0.717) is 19.8 Å². The molecule has 1 saturated heterocycles. The van der Waals surface area contributed by atoms with E-state index in [4.69, 9.17) is 5.11 Å². The van der Waals surface area contributed by atoms with Gasteiger partial charge in [0.2, 0.25) is 0 Å². The van der Waals surface area contributed by atoms with E-state index in [2.05, 4.69) is 17.0 Å². The molecular weight excluding hydrogens is 158 g/mol. The molecule has 0 aromatic rings. The van der Waals surface area contributed by atoms with Gasteiger partial charge in [-0.05, 0) is 6.42 Å². The van der Waals surface area contributed by atoms with Crippen LogP contribution in [0.4, 0.5) is 4.79 Å². The first-order valence-corrected chi connectivity index (χ1v) is 4.32. The average Bonchev–Trinajstić information content (AvgIpc) is 2.53. The summed E-state index contributed by atoms with van der Waals surface area (Å²) in [5, 5.41) is 10.7. The number of ether oxygens (including phenoxy) is 1. The Balaban J connectivity index is 0.000000202. The second kappa shape index (κ2) is 8.33. The number of aliphatic hydroxyl groups excluding tert-OH is 1. The summed E-state index contributed by atoms with van der Waals surface area (Å²) in [7, 11) is 0. The fraction of sp³-hybridized carbons (Fsp3) is 0.875. The minimum atomic E-state index is -0.296. The molecule has 1 aliphatic rings. The van der Waals surface area contributed by atoms with Crippen LogP contribution in [-0.4, -0.2) is 31.0 Å². The van der Waals surface area contributed by atoms with Gasteiger partial charge in [0.15, 0.2) is 0 Å². The Hall–Kier alpha value is -0.770. The van der Waals surface area contributed by atoms with Gasteiger partial charge in [-0.15, -0.1) is 0 Å². The monoisotopic (exact) mass is 175 g/mol. The van der Waals surface area contributed by atoms with Gasteiger partial charge in [0.1, 0.15) is 6.61 Å². The lowest BCUT2D eigenvalue weighted by Crippen LogP contribution is -2.11. The highest BCUT2D eigenvalue weighted by molar-refractivity contribution is 5.68. The number of aliphatic hydroxyl groups is 1. The normalized spacial score (nSPS) is 14.3. The summed E-state index contributed by atoms with van der Waals surface area (Å²) in [4.78, 5) is 9.91. The molecule has 12 heavy (non-hydrogen) atoms. The van der Waals surface area contributed by atoms with Gasteiger partial charge in [0.05, 0.1) is 6.54 Å². The van der Waals surface area contributed by atoms with Gasteiger partial charge in [-0.2, -0.15) is 0 Å². The van der Waals surface area contributed by atoms with Crippen LogP contribution in [0.2, 0.25) is 0 Å². The summed E-state index contributed by atoms with van der Waals surface area (Å²) in [5.74, 6) is 0. The van der Waals surface area contributed by atoms with Gasteiger partial charge < -0.3 is 15.2 Å². The Kier molecular flexibility index (Phi) is 7.79. The molecule has 1 heterocycles. The Morgan fingerprint density at radius 1 is 1.58 bits per heavy atom. The molecule has 0 aromatic heterocycles. The van der Waals surface area contributed by atoms with E-state index >= 15 is 0 Å². The molecule has 0 aromatic carbocycles. The molecule has 0 saturated carbocycles. The third-order valence-corrected chi connectivity index (χ3v) is 1.37. The topological polar surface area (TPSA) is 58.6 Å². The molecule has 2 N–H and O–H groups in total. The van der Waals surface area contributed by atoms with Crippen molar-refractivity contribution in [2.75, 3.05) is 19.8 Å². The average molecular weight is 175 g/mol. The van der Waals surface area contributed by atoms with Crippen LogP contribution < -0.4 is 5.32 Å². The van der Waals surface area contributed by atoms with Crippen LogP contribution in [-0.2, 0) is 4.74 Å². The summed E-state index contributed by atoms with van der Waals surface area (Å²) in [6.07, 6.45) is 3.03. The first-order valence-electron chi connectivity index (χ1n) is 4.32. The second-order valence-electron chi connectivity index (χ2n) is 2.49. The predicted molar refractivity (Wildman–Crippen MR) is 46.0 cm³/mol. The van der Waals surface area contributed by atoms with Gasteiger partial charge in [-0.3, -0.25) is 0 Å². The van der Waals surface area contributed by atoms with Crippen molar-refractivity contribution in [3.05, 3.63) is 0 Å². The minimum absolute atomic E-state index is 0.296. The van der Waals surface area contributed by atoms with Crippen LogP contribution in [0.15, 0.2) is 0 Å². The van der Waals surface area contributed by atoms with E-state index in [0.717, 1.165) is 12.8 Å². The molecule has 1 fully saturated rings. The molecule has 0 radical (unpaired) electrons. The van der Waals surface area contributed by atoms with Crippen LogP contribution in [0.3, 0.4) is 0 Å². The van der Waals surface area contributed by atoms with Crippen LogP contribution >= 0.6 is 0 Å². The van der Waals surface area contributed by atoms with Crippen molar-refractivity contribution in [1.82, 2.24) is 5.32 Å². The van der Waals surface area contributed by atoms with Crippen molar-refractivity contribution in [2.24, 2.45) is 0 Å². The molecule has 72 valence electrons. The maximum Gasteiger partial charge on any atom is 0.407 e. The highest BCUT2D eigenvalue weighted by Crippen LogP contribution is 1.89. The Morgan fingerprint density at radius 2 is 2.33 bits per heavy atom. The minimum Gasteiger partial charge on any atom is -0.448 e. The number of cyclic esters (lactones) is 1. The Labute approximate surface area is 72.9 Å². The van der Waals surface area contributed by atoms with Crippen molar-refractivity contribution in [3.8, 4) is 0 Å². The zero-order valence-electron chi connectivity index (χ0n) is 7.51. The number of hydrogen-bond acceptors (Lipinski definition) is 3. The standard InChI is InChI=1S/C5H12O.C3H5NO2/c1-2-3-4-5-6;5-3-4-1-2-6-3/h6H,2-5H2,1H3;1-2H2,(H,4,5). The smallest absolute Gasteiger partial charge is 0.407 e. The fourth-order valence-electron chi connectivity index (χ4n) is 0.710. The summed E-state index contributed by atoms with van der Waals surface area (Å²) in [6.45, 7) is 3.67. The molecular formula is C8H17NO3. The molecule has 0 bridgehead atoms. The number of carbonyl (C=O) groups excluding carboxylic acids is 1. The Bertz CT molecular complexity index is 105. The third-order valence-electron chi connectivity index (χ3n) is 1.37. The molecule has 0 atom stereocenters. The second-order valence-corrected chi connectivity index (χ2v) is 2.49. The van der Waals surface area contributed by atoms with Gasteiger partial charge in [-0.25, -0.2) is 4.79 Å². The van der Waals surface area contributed by atoms with E-state index in [1.54, 1.807) is 0 Å². The predicted octanol–water partition coefficient (Wildman–Crippen LogP) is 0.895. The van der Waals surface area contributed by atoms with Crippen LogP contribution in [0.1, 0.15) is 26.2 Å². The number of rotatable bonds is 3. The van der Waals surface area contributed by atoms with Crippen molar-refractivity contribution in [1.29, 1.82) is 0 Å². The highest BCUT2D eigenvalue weighted by atomic mass is 16.6. The molecule has 1 rings (SSSR count). The van der Waals surface area contributed by atoms with Crippen LogP contribution in [0.25, 0.3) is 0 Å². The van der Waals surface area contributed by atoms with Crippen molar-refractivity contribution >= 4 is 6.09 Å². The van der Waals surface area contributed by atoms with E-state index in [-0.39, 0.29) is 6.09 Å². The zero-order valence-corrected chi connectivity index (χ0v) is 7.51. The molecule has 1 amide bonds. The lowest BCUT2D eigenvalue weighted by atomic mass is 10.3. The fourth-order valence-corrected chi connectivity index (χ4v) is 0.710. The zero-order chi connectivity index (χ0) is 9.23. The number of hydrogen-bond donors (Lipinski definition) is 2. The lowest BCUT2D eigenvalue weighted by molar-refractivity contribution is 0.178. The lowest BCUT2D eigenvalue weighted by Gasteiger charge is -1.85. The first-order chi connectivity index (χ1) is 5.81. The van der Waals surface area contributed by atoms with Gasteiger partial charge in [0.25, 0.3) is 0 Å². The number of unbranched alkanes of at least 4 members (excludes halogenated alkanes) is 2. The SMILES string of the molecule is CCCCCO.O=C1NCCO1. The van der Waals surface area contributed by atoms with Crippen molar-refractivity contribution in [2.45, 2.75) is 26.2 Å². The summed E-state index contributed by atoms with van der Waals surface area (Å²) < 4.78 is 4.40. The number of amides is 1. The highest BCUT2D eigenvalue weighted by Gasteiger charge is 2.06. The Morgan fingerprint density at radius 3 is 2.50 bits per heavy atom. The molecule has 1 aliphatic heterocycles. The summed E-state index contributed by atoms with van der Waals surface area (Å²) in [6, 6.07) is 0. The van der Waals surface area contributed by atoms with Crippen molar-refractivity contribution in [3.63, 3.8) is 0 Å². The number of carbonyl (C=O) groups is 1. The van der Waals surface area contributed by atoms with E-state index in [9.17, 15) is 4.79 Å². The maximum absolute atomic E-state index is 9.91. The number of nitrogens with one attached hydrogen (secondary N) is 1. The molecule has 4 nitrogen and oxygen atoms in total. The summed E-state index contributed by atoms with van der Waals surface area (Å²) in [5.41, 5.74) is 0. The molecule has 4 heteroatoms. The number of alkyl carbamates (subject to hydrolysis) is 1. The van der Waals surface area contributed by atoms with Crippen LogP contribution in [0, 0.1) is 0 Å². The first kappa shape index (κ1) is 11.2. The molecule has 0 unspecified atom stereocenters. The molecule has 0 spiro atoms. The molecule has 0 aliphatic carbocycles. The van der Waals surface area contributed by atoms with E-state index in [1.165, 1.54) is 6.42 Å². The van der Waals surface area contributed by atoms with Crippen molar-refractivity contribution < 1.29 is 14.6 Å². The van der Waals surface area contributed by atoms with Crippen LogP contribution in [0.5, 0.6) is 0 Å². The maximum atomic E-state index is 9.91. The largest absolute Gasteiger partial charge is 0.448 e. The van der Waals surface area contributed by atoms with Gasteiger partial charge in [-0.1, -0.05) is 19.8 Å². The van der Waals surface area contributed by atoms with Gasteiger partial charge in [0, 0.05) is 6.61 Å². The van der Waals surface area contributed by atoms with Gasteiger partial charge >= 0.3 is 6.09 Å². The third kappa shape index (κ3) is 7.34. The van der Waals surface area contributed by atoms with E-state index in [1.807, 2.05) is 0 Å².